The second-order valence-electron chi connectivity index (χ2n) is 11.8. The molecule has 2 heterocycles. The summed E-state index contributed by atoms with van der Waals surface area (Å²) in [6.07, 6.45) is 2.24. The lowest BCUT2D eigenvalue weighted by Gasteiger charge is -2.23. The van der Waals surface area contributed by atoms with Gasteiger partial charge in [0.25, 0.3) is 5.91 Å². The molecule has 1 amide bonds. The number of carbonyl (C=O) groups excluding carboxylic acids is 1. The van der Waals surface area contributed by atoms with E-state index >= 15 is 0 Å². The average Bonchev–Trinajstić information content (AvgIpc) is 3.44. The maximum Gasteiger partial charge on any atom is 0.258 e. The van der Waals surface area contributed by atoms with Gasteiger partial charge in [0.2, 0.25) is 0 Å². The van der Waals surface area contributed by atoms with Crippen molar-refractivity contribution in [2.24, 2.45) is 0 Å². The third-order valence-electron chi connectivity index (χ3n) is 8.76. The molecule has 6 aromatic rings. The summed E-state index contributed by atoms with van der Waals surface area (Å²) in [7, 11) is 0. The molecule has 1 aromatic heterocycles. The first kappa shape index (κ1) is 30.3. The molecule has 5 aromatic carbocycles. The molecule has 1 aliphatic rings. The smallest absolute Gasteiger partial charge is 0.258 e. The number of amides is 1. The standard InChI is InChI=1S/C41H35FN2O3/c1-2-28-15-17-30(18-16-28)26-46-27-36-34-14-9-23-43-38(34)40(47-39(31-10-5-3-6-11-31)32-12-7-4-8-13-32)37-35(36)25-44(41(37)45)24-29-19-21-33(42)22-20-29/h3-23,39H,2,24-27H2,1H3. The van der Waals surface area contributed by atoms with E-state index in [2.05, 4.69) is 31.2 Å². The normalized spacial score (nSPS) is 12.6. The topological polar surface area (TPSA) is 51.7 Å². The predicted molar refractivity (Wildman–Crippen MR) is 181 cm³/mol. The van der Waals surface area contributed by atoms with E-state index in [-0.39, 0.29) is 11.7 Å². The minimum atomic E-state index is -0.473. The fourth-order valence-corrected chi connectivity index (χ4v) is 6.28. The van der Waals surface area contributed by atoms with E-state index in [1.807, 2.05) is 72.8 Å². The Labute approximate surface area is 274 Å². The van der Waals surface area contributed by atoms with Crippen molar-refractivity contribution in [2.75, 3.05) is 0 Å². The zero-order chi connectivity index (χ0) is 32.2. The van der Waals surface area contributed by atoms with E-state index < -0.39 is 6.10 Å². The van der Waals surface area contributed by atoms with Crippen molar-refractivity contribution in [1.29, 1.82) is 0 Å². The summed E-state index contributed by atoms with van der Waals surface area (Å²) in [6, 6.07) is 38.7. The van der Waals surface area contributed by atoms with Crippen LogP contribution < -0.4 is 4.74 Å². The lowest BCUT2D eigenvalue weighted by Crippen LogP contribution is -2.23. The van der Waals surface area contributed by atoms with E-state index in [0.29, 0.717) is 43.1 Å². The van der Waals surface area contributed by atoms with Crippen LogP contribution in [0.4, 0.5) is 4.39 Å². The van der Waals surface area contributed by atoms with Gasteiger partial charge in [0, 0.05) is 24.7 Å². The number of aryl methyl sites for hydroxylation is 1. The van der Waals surface area contributed by atoms with E-state index in [4.69, 9.17) is 14.5 Å². The fourth-order valence-electron chi connectivity index (χ4n) is 6.28. The molecule has 47 heavy (non-hydrogen) atoms. The largest absolute Gasteiger partial charge is 0.478 e. The van der Waals surface area contributed by atoms with Gasteiger partial charge < -0.3 is 14.4 Å². The minimum absolute atomic E-state index is 0.150. The molecule has 0 atom stereocenters. The van der Waals surface area contributed by atoms with Crippen molar-refractivity contribution >= 4 is 16.8 Å². The number of aromatic nitrogens is 1. The SMILES string of the molecule is CCc1ccc(COCc2c3c(c(OC(c4ccccc4)c4ccccc4)c4ncccc24)C(=O)N(Cc2ccc(F)cc2)C3)cc1. The van der Waals surface area contributed by atoms with Crippen molar-refractivity contribution in [2.45, 2.75) is 45.8 Å². The van der Waals surface area contributed by atoms with Gasteiger partial charge in [0.05, 0.1) is 18.8 Å². The Balaban J connectivity index is 1.32. The molecule has 0 N–H and O–H groups in total. The number of halogens is 1. The third-order valence-corrected chi connectivity index (χ3v) is 8.76. The number of carbonyl (C=O) groups is 1. The summed E-state index contributed by atoms with van der Waals surface area (Å²) in [5.74, 6) is -0.00333. The minimum Gasteiger partial charge on any atom is -0.478 e. The highest BCUT2D eigenvalue weighted by molar-refractivity contribution is 6.07. The first-order chi connectivity index (χ1) is 23.1. The number of nitrogens with zero attached hydrogens (tertiary/aromatic N) is 2. The van der Waals surface area contributed by atoms with Crippen LogP contribution in [0.25, 0.3) is 10.9 Å². The van der Waals surface area contributed by atoms with Gasteiger partial charge in [-0.05, 0) is 63.6 Å². The molecule has 6 heteroatoms. The van der Waals surface area contributed by atoms with Crippen LogP contribution in [0.2, 0.25) is 0 Å². The zero-order valence-electron chi connectivity index (χ0n) is 26.2. The molecule has 7 rings (SSSR count). The number of benzene rings is 5. The lowest BCUT2D eigenvalue weighted by atomic mass is 9.96. The molecule has 0 unspecified atom stereocenters. The Morgan fingerprint density at radius 3 is 2.06 bits per heavy atom. The molecule has 0 aliphatic carbocycles. The van der Waals surface area contributed by atoms with Gasteiger partial charge in [-0.2, -0.15) is 0 Å². The van der Waals surface area contributed by atoms with Crippen LogP contribution in [0.15, 0.2) is 128 Å². The van der Waals surface area contributed by atoms with Crippen LogP contribution in [0.3, 0.4) is 0 Å². The second-order valence-corrected chi connectivity index (χ2v) is 11.8. The molecule has 0 bridgehead atoms. The Morgan fingerprint density at radius 1 is 0.766 bits per heavy atom. The zero-order valence-corrected chi connectivity index (χ0v) is 26.2. The quantitative estimate of drug-likeness (QED) is 0.145. The highest BCUT2D eigenvalue weighted by Crippen LogP contribution is 2.43. The van der Waals surface area contributed by atoms with Gasteiger partial charge in [0.1, 0.15) is 17.4 Å². The van der Waals surface area contributed by atoms with Gasteiger partial charge >= 0.3 is 0 Å². The van der Waals surface area contributed by atoms with E-state index in [9.17, 15) is 9.18 Å². The van der Waals surface area contributed by atoms with Gasteiger partial charge in [-0.15, -0.1) is 0 Å². The van der Waals surface area contributed by atoms with Gasteiger partial charge in [-0.25, -0.2) is 4.39 Å². The van der Waals surface area contributed by atoms with Crippen LogP contribution in [-0.2, 0) is 37.5 Å². The average molecular weight is 623 g/mol. The molecule has 1 aliphatic heterocycles. The molecular formula is C41H35FN2O3. The van der Waals surface area contributed by atoms with Crippen molar-refractivity contribution in [1.82, 2.24) is 9.88 Å². The Morgan fingerprint density at radius 2 is 1.40 bits per heavy atom. The molecule has 0 fully saturated rings. The summed E-state index contributed by atoms with van der Waals surface area (Å²) in [5, 5.41) is 0.888. The maximum absolute atomic E-state index is 14.4. The molecule has 5 nitrogen and oxygen atoms in total. The van der Waals surface area contributed by atoms with Crippen LogP contribution in [0.5, 0.6) is 5.75 Å². The fraction of sp³-hybridized carbons (Fsp3) is 0.171. The van der Waals surface area contributed by atoms with Gasteiger partial charge in [0.15, 0.2) is 5.75 Å². The van der Waals surface area contributed by atoms with Crippen molar-refractivity contribution in [3.8, 4) is 5.75 Å². The van der Waals surface area contributed by atoms with Crippen molar-refractivity contribution < 1.29 is 18.7 Å². The highest BCUT2D eigenvalue weighted by atomic mass is 19.1. The van der Waals surface area contributed by atoms with E-state index in [1.54, 1.807) is 23.2 Å². The molecule has 0 radical (unpaired) electrons. The van der Waals surface area contributed by atoms with Gasteiger partial charge in [-0.1, -0.05) is 110 Å². The lowest BCUT2D eigenvalue weighted by molar-refractivity contribution is 0.0761. The molecular weight excluding hydrogens is 587 g/mol. The predicted octanol–water partition coefficient (Wildman–Crippen LogP) is 8.98. The van der Waals surface area contributed by atoms with Crippen LogP contribution in [-0.4, -0.2) is 15.8 Å². The van der Waals surface area contributed by atoms with Crippen LogP contribution >= 0.6 is 0 Å². The van der Waals surface area contributed by atoms with E-state index in [1.165, 1.54) is 17.7 Å². The monoisotopic (exact) mass is 622 g/mol. The number of hydrogen-bond donors (Lipinski definition) is 0. The van der Waals surface area contributed by atoms with Crippen LogP contribution in [0.1, 0.15) is 62.3 Å². The maximum atomic E-state index is 14.4. The number of rotatable bonds is 11. The molecule has 0 saturated carbocycles. The number of pyridine rings is 1. The Bertz CT molecular complexity index is 1960. The van der Waals surface area contributed by atoms with Crippen LogP contribution in [0, 0.1) is 5.82 Å². The number of fused-ring (bicyclic) bond motifs is 2. The van der Waals surface area contributed by atoms with Crippen molar-refractivity contribution in [3.63, 3.8) is 0 Å². The first-order valence-corrected chi connectivity index (χ1v) is 16.0. The summed E-state index contributed by atoms with van der Waals surface area (Å²) >= 11 is 0. The van der Waals surface area contributed by atoms with Gasteiger partial charge in [-0.3, -0.25) is 9.78 Å². The number of ether oxygens (including phenoxy) is 2. The Kier molecular flexibility index (Phi) is 8.76. The van der Waals surface area contributed by atoms with E-state index in [0.717, 1.165) is 45.2 Å². The molecule has 0 spiro atoms. The number of hydrogen-bond acceptors (Lipinski definition) is 4. The third kappa shape index (κ3) is 6.38. The molecule has 0 saturated heterocycles. The summed E-state index contributed by atoms with van der Waals surface area (Å²) in [6.45, 7) is 3.59. The summed E-state index contributed by atoms with van der Waals surface area (Å²) < 4.78 is 27.0. The molecule has 234 valence electrons. The second kappa shape index (κ2) is 13.6. The summed E-state index contributed by atoms with van der Waals surface area (Å²) in [5.41, 5.74) is 8.05. The Hall–Kier alpha value is -5.33. The summed E-state index contributed by atoms with van der Waals surface area (Å²) in [4.78, 5) is 21.0. The van der Waals surface area contributed by atoms with Crippen molar-refractivity contribution in [3.05, 3.63) is 178 Å². The highest BCUT2D eigenvalue weighted by Gasteiger charge is 2.36. The first-order valence-electron chi connectivity index (χ1n) is 16.0.